The quantitative estimate of drug-likeness (QED) is 0.383. The fourth-order valence-corrected chi connectivity index (χ4v) is 4.26. The molecule has 0 aliphatic carbocycles. The van der Waals surface area contributed by atoms with Crippen molar-refractivity contribution in [3.63, 3.8) is 0 Å². The molecule has 0 aromatic heterocycles. The van der Waals surface area contributed by atoms with Gasteiger partial charge in [0, 0.05) is 12.2 Å². The topological polar surface area (TPSA) is 61.9 Å². The molecule has 0 spiro atoms. The van der Waals surface area contributed by atoms with Crippen LogP contribution in [0.2, 0.25) is 0 Å². The minimum Gasteiger partial charge on any atom is -0.497 e. The Kier molecular flexibility index (Phi) is 8.62. The second-order valence-corrected chi connectivity index (χ2v) is 8.26. The Balaban J connectivity index is 1.71. The third-order valence-corrected chi connectivity index (χ3v) is 6.01. The van der Waals surface area contributed by atoms with Crippen LogP contribution >= 0.6 is 12.2 Å². The van der Waals surface area contributed by atoms with Crippen LogP contribution in [-0.2, 0) is 9.59 Å². The molecule has 0 radical (unpaired) electrons. The van der Waals surface area contributed by atoms with Gasteiger partial charge in [0.2, 0.25) is 5.91 Å². The van der Waals surface area contributed by atoms with Crippen LogP contribution in [0.1, 0.15) is 45.4 Å². The zero-order chi connectivity index (χ0) is 22.9. The van der Waals surface area contributed by atoms with Crippen molar-refractivity contribution < 1.29 is 14.3 Å². The predicted molar refractivity (Wildman–Crippen MR) is 132 cm³/mol. The average Bonchev–Trinajstić information content (AvgIpc) is 3.03. The van der Waals surface area contributed by atoms with E-state index in [9.17, 15) is 9.59 Å². The van der Waals surface area contributed by atoms with Gasteiger partial charge in [-0.15, -0.1) is 0 Å². The molecule has 170 valence electrons. The summed E-state index contributed by atoms with van der Waals surface area (Å²) in [4.78, 5) is 29.6. The highest BCUT2D eigenvalue weighted by atomic mass is 32.1. The SMILES string of the molecule is CCCCCCCN1C(=S)N(c2ccccc2)C(=O)C1CC(=O)Nc1ccc(OC)cc1. The van der Waals surface area contributed by atoms with Gasteiger partial charge in [0.05, 0.1) is 19.2 Å². The van der Waals surface area contributed by atoms with Gasteiger partial charge in [0.1, 0.15) is 11.8 Å². The summed E-state index contributed by atoms with van der Waals surface area (Å²) >= 11 is 5.69. The Bertz CT molecular complexity index is 918. The van der Waals surface area contributed by atoms with Gasteiger partial charge in [0.25, 0.3) is 5.91 Å². The number of anilines is 2. The van der Waals surface area contributed by atoms with Gasteiger partial charge < -0.3 is 15.0 Å². The van der Waals surface area contributed by atoms with Gasteiger partial charge in [-0.3, -0.25) is 14.5 Å². The molecule has 7 heteroatoms. The van der Waals surface area contributed by atoms with Crippen molar-refractivity contribution in [2.24, 2.45) is 0 Å². The maximum Gasteiger partial charge on any atom is 0.256 e. The van der Waals surface area contributed by atoms with Gasteiger partial charge in [0.15, 0.2) is 5.11 Å². The van der Waals surface area contributed by atoms with Crippen molar-refractivity contribution in [1.82, 2.24) is 4.90 Å². The molecule has 0 bridgehead atoms. The summed E-state index contributed by atoms with van der Waals surface area (Å²) in [5, 5.41) is 3.35. The number of ether oxygens (including phenoxy) is 1. The first kappa shape index (κ1) is 23.7. The number of thiocarbonyl (C=S) groups is 1. The van der Waals surface area contributed by atoms with E-state index in [1.807, 2.05) is 35.2 Å². The van der Waals surface area contributed by atoms with Crippen molar-refractivity contribution in [2.75, 3.05) is 23.9 Å². The van der Waals surface area contributed by atoms with E-state index in [4.69, 9.17) is 17.0 Å². The largest absolute Gasteiger partial charge is 0.497 e. The number of hydrogen-bond donors (Lipinski definition) is 1. The lowest BCUT2D eigenvalue weighted by Gasteiger charge is -2.24. The second-order valence-electron chi connectivity index (χ2n) is 7.90. The number of nitrogens with zero attached hydrogens (tertiary/aromatic N) is 2. The molecule has 1 aliphatic rings. The molecule has 32 heavy (non-hydrogen) atoms. The Hall–Kier alpha value is -2.93. The number of methoxy groups -OCH3 is 1. The Labute approximate surface area is 195 Å². The molecular weight excluding hydrogens is 422 g/mol. The maximum atomic E-state index is 13.3. The Morgan fingerprint density at radius 1 is 1.03 bits per heavy atom. The zero-order valence-electron chi connectivity index (χ0n) is 18.8. The standard InChI is InChI=1S/C25H31N3O3S/c1-3-4-5-6-10-17-27-22(18-23(29)26-19-13-15-21(31-2)16-14-19)24(30)28(25(27)32)20-11-8-7-9-12-20/h7-9,11-16,22H,3-6,10,17-18H2,1-2H3,(H,26,29). The third kappa shape index (κ3) is 5.85. The lowest BCUT2D eigenvalue weighted by molar-refractivity contribution is -0.124. The fourth-order valence-electron chi connectivity index (χ4n) is 3.85. The van der Waals surface area contributed by atoms with Gasteiger partial charge in [-0.05, 0) is 55.0 Å². The van der Waals surface area contributed by atoms with Crippen molar-refractivity contribution in [3.8, 4) is 5.75 Å². The van der Waals surface area contributed by atoms with Gasteiger partial charge in [-0.25, -0.2) is 0 Å². The van der Waals surface area contributed by atoms with Gasteiger partial charge in [-0.1, -0.05) is 50.8 Å². The molecule has 1 saturated heterocycles. The smallest absolute Gasteiger partial charge is 0.256 e. The van der Waals surface area contributed by atoms with Crippen molar-refractivity contribution in [3.05, 3.63) is 54.6 Å². The van der Waals surface area contributed by atoms with Crippen LogP contribution in [0, 0.1) is 0 Å². The molecule has 3 rings (SSSR count). The van der Waals surface area contributed by atoms with Crippen LogP contribution in [0.5, 0.6) is 5.75 Å². The molecule has 1 heterocycles. The number of amides is 2. The van der Waals surface area contributed by atoms with Crippen molar-refractivity contribution in [1.29, 1.82) is 0 Å². The number of rotatable bonds is 11. The first-order chi connectivity index (χ1) is 15.5. The summed E-state index contributed by atoms with van der Waals surface area (Å²) in [5.41, 5.74) is 1.39. The number of unbranched alkanes of at least 4 members (excludes halogenated alkanes) is 4. The number of benzene rings is 2. The molecule has 2 aromatic carbocycles. The summed E-state index contributed by atoms with van der Waals surface area (Å²) in [5.74, 6) is 0.342. The number of carbonyl (C=O) groups is 2. The zero-order valence-corrected chi connectivity index (χ0v) is 19.6. The summed E-state index contributed by atoms with van der Waals surface area (Å²) in [7, 11) is 1.59. The Morgan fingerprint density at radius 2 is 1.72 bits per heavy atom. The molecule has 1 fully saturated rings. The van der Waals surface area contributed by atoms with Crippen molar-refractivity contribution in [2.45, 2.75) is 51.5 Å². The van der Waals surface area contributed by atoms with E-state index in [2.05, 4.69) is 12.2 Å². The fraction of sp³-hybridized carbons (Fsp3) is 0.400. The highest BCUT2D eigenvalue weighted by Crippen LogP contribution is 2.28. The molecule has 2 aromatic rings. The van der Waals surface area contributed by atoms with Crippen molar-refractivity contribution >= 4 is 40.5 Å². The molecule has 1 N–H and O–H groups in total. The third-order valence-electron chi connectivity index (χ3n) is 5.59. The number of nitrogens with one attached hydrogen (secondary N) is 1. The number of carbonyl (C=O) groups excluding carboxylic acids is 2. The second kappa shape index (κ2) is 11.6. The molecule has 0 saturated carbocycles. The summed E-state index contributed by atoms with van der Waals surface area (Å²) in [6.07, 6.45) is 5.60. The highest BCUT2D eigenvalue weighted by Gasteiger charge is 2.43. The first-order valence-electron chi connectivity index (χ1n) is 11.2. The van der Waals surface area contributed by atoms with E-state index in [1.165, 1.54) is 12.8 Å². The predicted octanol–water partition coefficient (Wildman–Crippen LogP) is 5.00. The van der Waals surface area contributed by atoms with E-state index in [1.54, 1.807) is 36.3 Å². The molecular formula is C25H31N3O3S. The van der Waals surface area contributed by atoms with E-state index in [-0.39, 0.29) is 18.2 Å². The van der Waals surface area contributed by atoms with E-state index < -0.39 is 6.04 Å². The molecule has 1 aliphatic heterocycles. The molecule has 1 unspecified atom stereocenters. The monoisotopic (exact) mass is 453 g/mol. The van der Waals surface area contributed by atoms with Crippen LogP contribution < -0.4 is 15.0 Å². The van der Waals surface area contributed by atoms with Crippen LogP contribution in [-0.4, -0.2) is 41.5 Å². The molecule has 6 nitrogen and oxygen atoms in total. The highest BCUT2D eigenvalue weighted by molar-refractivity contribution is 7.80. The molecule has 2 amide bonds. The van der Waals surface area contributed by atoms with Crippen LogP contribution in [0.25, 0.3) is 0 Å². The summed E-state index contributed by atoms with van der Waals surface area (Å²) in [6.45, 7) is 2.85. The average molecular weight is 454 g/mol. The minimum absolute atomic E-state index is 0.0449. The summed E-state index contributed by atoms with van der Waals surface area (Å²) < 4.78 is 5.15. The minimum atomic E-state index is -0.605. The van der Waals surface area contributed by atoms with Gasteiger partial charge in [-0.2, -0.15) is 0 Å². The van der Waals surface area contributed by atoms with E-state index in [0.29, 0.717) is 23.1 Å². The first-order valence-corrected chi connectivity index (χ1v) is 11.6. The summed E-state index contributed by atoms with van der Waals surface area (Å²) in [6, 6.07) is 15.9. The normalized spacial score (nSPS) is 15.9. The maximum absolute atomic E-state index is 13.3. The molecule has 1 atom stereocenters. The van der Waals surface area contributed by atoms with E-state index in [0.717, 1.165) is 24.9 Å². The van der Waals surface area contributed by atoms with Crippen LogP contribution in [0.4, 0.5) is 11.4 Å². The number of para-hydroxylation sites is 1. The lowest BCUT2D eigenvalue weighted by Crippen LogP contribution is -2.38. The Morgan fingerprint density at radius 3 is 2.38 bits per heavy atom. The van der Waals surface area contributed by atoms with Gasteiger partial charge >= 0.3 is 0 Å². The van der Waals surface area contributed by atoms with E-state index >= 15 is 0 Å². The lowest BCUT2D eigenvalue weighted by atomic mass is 10.1. The van der Waals surface area contributed by atoms with Crippen LogP contribution in [0.3, 0.4) is 0 Å². The van der Waals surface area contributed by atoms with Crippen LogP contribution in [0.15, 0.2) is 54.6 Å². The number of hydrogen-bond acceptors (Lipinski definition) is 4.